The lowest BCUT2D eigenvalue weighted by atomic mass is 10.0. The summed E-state index contributed by atoms with van der Waals surface area (Å²) in [6, 6.07) is 6.21. The van der Waals surface area contributed by atoms with Gasteiger partial charge < -0.3 is 4.90 Å². The molecule has 1 fully saturated rings. The molecule has 1 amide bonds. The molecule has 1 atom stereocenters. The van der Waals surface area contributed by atoms with E-state index in [1.165, 1.54) is 16.4 Å². The number of amides is 1. The van der Waals surface area contributed by atoms with Gasteiger partial charge in [0.1, 0.15) is 4.88 Å². The van der Waals surface area contributed by atoms with Crippen molar-refractivity contribution in [1.82, 2.24) is 9.27 Å². The van der Waals surface area contributed by atoms with Gasteiger partial charge in [-0.2, -0.15) is 0 Å². The maximum absolute atomic E-state index is 12.1. The van der Waals surface area contributed by atoms with Gasteiger partial charge in [-0.1, -0.05) is 6.07 Å². The van der Waals surface area contributed by atoms with Crippen molar-refractivity contribution in [1.29, 1.82) is 0 Å². The van der Waals surface area contributed by atoms with Gasteiger partial charge >= 0.3 is 0 Å². The Morgan fingerprint density at radius 1 is 1.50 bits per heavy atom. The SMILES string of the molecule is O=C(c1ccns1)N1CCC1c1cccs1. The lowest BCUT2D eigenvalue weighted by molar-refractivity contribution is 0.0473. The Bertz CT molecular complexity index is 478. The molecule has 82 valence electrons. The highest BCUT2D eigenvalue weighted by Gasteiger charge is 2.34. The van der Waals surface area contributed by atoms with E-state index in [1.54, 1.807) is 23.6 Å². The Kier molecular flexibility index (Phi) is 2.49. The first-order chi connectivity index (χ1) is 7.86. The minimum Gasteiger partial charge on any atom is -0.330 e. The van der Waals surface area contributed by atoms with Gasteiger partial charge in [0.15, 0.2) is 0 Å². The van der Waals surface area contributed by atoms with Crippen LogP contribution in [0.15, 0.2) is 29.8 Å². The minimum atomic E-state index is 0.118. The normalized spacial score (nSPS) is 19.5. The van der Waals surface area contributed by atoms with E-state index in [9.17, 15) is 4.79 Å². The Morgan fingerprint density at radius 2 is 2.44 bits per heavy atom. The molecular formula is C11H10N2OS2. The third kappa shape index (κ3) is 1.56. The van der Waals surface area contributed by atoms with Crippen LogP contribution in [0.1, 0.15) is 27.0 Å². The molecule has 0 bridgehead atoms. The lowest BCUT2D eigenvalue weighted by Gasteiger charge is -2.40. The van der Waals surface area contributed by atoms with E-state index in [0.717, 1.165) is 17.8 Å². The molecule has 0 saturated carbocycles. The lowest BCUT2D eigenvalue weighted by Crippen LogP contribution is -2.44. The molecule has 2 aromatic heterocycles. The molecule has 0 aliphatic carbocycles. The smallest absolute Gasteiger partial charge is 0.266 e. The highest BCUT2D eigenvalue weighted by atomic mass is 32.1. The van der Waals surface area contributed by atoms with Crippen molar-refractivity contribution in [2.75, 3.05) is 6.54 Å². The van der Waals surface area contributed by atoms with Gasteiger partial charge in [0.05, 0.1) is 6.04 Å². The number of carbonyl (C=O) groups is 1. The molecule has 16 heavy (non-hydrogen) atoms. The number of carbonyl (C=O) groups excluding carboxylic acids is 1. The Morgan fingerprint density at radius 3 is 3.00 bits per heavy atom. The van der Waals surface area contributed by atoms with Crippen LogP contribution in [0.4, 0.5) is 0 Å². The third-order valence-electron chi connectivity index (χ3n) is 2.80. The third-order valence-corrected chi connectivity index (χ3v) is 4.51. The van der Waals surface area contributed by atoms with E-state index >= 15 is 0 Å². The van der Waals surface area contributed by atoms with E-state index in [1.807, 2.05) is 11.0 Å². The first-order valence-electron chi connectivity index (χ1n) is 5.11. The number of thiophene rings is 1. The van der Waals surface area contributed by atoms with E-state index in [0.29, 0.717) is 0 Å². The predicted molar refractivity (Wildman–Crippen MR) is 64.8 cm³/mol. The summed E-state index contributed by atoms with van der Waals surface area (Å²) in [5.41, 5.74) is 0. The molecule has 1 unspecified atom stereocenters. The summed E-state index contributed by atoms with van der Waals surface area (Å²) in [6.07, 6.45) is 2.75. The van der Waals surface area contributed by atoms with Gasteiger partial charge in [-0.3, -0.25) is 4.79 Å². The maximum atomic E-state index is 12.1. The fraction of sp³-hybridized carbons (Fsp3) is 0.273. The van der Waals surface area contributed by atoms with E-state index in [-0.39, 0.29) is 11.9 Å². The molecule has 1 aliphatic heterocycles. The Hall–Kier alpha value is -1.20. The monoisotopic (exact) mass is 250 g/mol. The second-order valence-electron chi connectivity index (χ2n) is 3.70. The summed E-state index contributed by atoms with van der Waals surface area (Å²) in [6.45, 7) is 0.860. The fourth-order valence-electron chi connectivity index (χ4n) is 1.87. The van der Waals surface area contributed by atoms with Crippen LogP contribution in [0.25, 0.3) is 0 Å². The number of likely N-dealkylation sites (tertiary alicyclic amines) is 1. The number of hydrogen-bond acceptors (Lipinski definition) is 4. The summed E-state index contributed by atoms with van der Waals surface area (Å²) in [5, 5.41) is 2.06. The number of aromatic nitrogens is 1. The summed E-state index contributed by atoms with van der Waals surface area (Å²) in [5.74, 6) is 0.118. The van der Waals surface area contributed by atoms with E-state index in [2.05, 4.69) is 15.8 Å². The highest BCUT2D eigenvalue weighted by Crippen LogP contribution is 2.36. The van der Waals surface area contributed by atoms with Crippen LogP contribution < -0.4 is 0 Å². The average Bonchev–Trinajstić information content (AvgIpc) is 2.87. The van der Waals surface area contributed by atoms with Crippen LogP contribution in [0.2, 0.25) is 0 Å². The van der Waals surface area contributed by atoms with E-state index < -0.39 is 0 Å². The molecule has 1 saturated heterocycles. The molecule has 5 heteroatoms. The molecule has 3 heterocycles. The molecule has 0 N–H and O–H groups in total. The zero-order valence-electron chi connectivity index (χ0n) is 8.50. The largest absolute Gasteiger partial charge is 0.330 e. The predicted octanol–water partition coefficient (Wildman–Crippen LogP) is 2.79. The van der Waals surface area contributed by atoms with Crippen molar-refractivity contribution in [3.63, 3.8) is 0 Å². The number of rotatable bonds is 2. The summed E-state index contributed by atoms with van der Waals surface area (Å²) < 4.78 is 3.97. The molecular weight excluding hydrogens is 240 g/mol. The maximum Gasteiger partial charge on any atom is 0.266 e. The van der Waals surface area contributed by atoms with Crippen LogP contribution in [-0.2, 0) is 0 Å². The zero-order chi connectivity index (χ0) is 11.0. The number of nitrogens with zero attached hydrogens (tertiary/aromatic N) is 2. The van der Waals surface area contributed by atoms with E-state index in [4.69, 9.17) is 0 Å². The van der Waals surface area contributed by atoms with Crippen molar-refractivity contribution < 1.29 is 4.79 Å². The zero-order valence-corrected chi connectivity index (χ0v) is 10.1. The van der Waals surface area contributed by atoms with Crippen molar-refractivity contribution in [3.8, 4) is 0 Å². The van der Waals surface area contributed by atoms with Crippen LogP contribution in [0.5, 0.6) is 0 Å². The molecule has 3 rings (SSSR count). The minimum absolute atomic E-state index is 0.118. The van der Waals surface area contributed by atoms with Gasteiger partial charge in [0, 0.05) is 17.6 Å². The van der Waals surface area contributed by atoms with Crippen molar-refractivity contribution in [2.24, 2.45) is 0 Å². The van der Waals surface area contributed by atoms with Crippen LogP contribution >= 0.6 is 22.9 Å². The summed E-state index contributed by atoms with van der Waals surface area (Å²) in [7, 11) is 0. The van der Waals surface area contributed by atoms with Crippen molar-refractivity contribution in [2.45, 2.75) is 12.5 Å². The summed E-state index contributed by atoms with van der Waals surface area (Å²) >= 11 is 2.99. The topological polar surface area (TPSA) is 33.2 Å². The van der Waals surface area contributed by atoms with Gasteiger partial charge in [-0.15, -0.1) is 11.3 Å². The van der Waals surface area contributed by atoms with Gasteiger partial charge in [-0.05, 0) is 35.5 Å². The van der Waals surface area contributed by atoms with Crippen LogP contribution in [0, 0.1) is 0 Å². The highest BCUT2D eigenvalue weighted by molar-refractivity contribution is 7.10. The molecule has 3 nitrogen and oxygen atoms in total. The molecule has 0 aromatic carbocycles. The van der Waals surface area contributed by atoms with Crippen LogP contribution in [0.3, 0.4) is 0 Å². The second-order valence-corrected chi connectivity index (χ2v) is 5.51. The van der Waals surface area contributed by atoms with Crippen molar-refractivity contribution in [3.05, 3.63) is 39.5 Å². The number of hydrogen-bond donors (Lipinski definition) is 0. The molecule has 1 aliphatic rings. The fourth-order valence-corrected chi connectivity index (χ4v) is 3.30. The van der Waals surface area contributed by atoms with Crippen LogP contribution in [-0.4, -0.2) is 21.7 Å². The molecule has 0 spiro atoms. The summed E-state index contributed by atoms with van der Waals surface area (Å²) in [4.78, 5) is 16.0. The second kappa shape index (κ2) is 3.99. The quantitative estimate of drug-likeness (QED) is 0.821. The standard InChI is InChI=1S/C11H10N2OS2/c14-11(10-3-5-12-16-10)13-6-4-8(13)9-2-1-7-15-9/h1-3,5,7-8H,4,6H2. The van der Waals surface area contributed by atoms with Gasteiger partial charge in [0.25, 0.3) is 5.91 Å². The Labute approximate surface area is 102 Å². The first kappa shape index (κ1) is 9.99. The first-order valence-corrected chi connectivity index (χ1v) is 6.76. The molecule has 0 radical (unpaired) electrons. The van der Waals surface area contributed by atoms with Crippen molar-refractivity contribution >= 4 is 28.8 Å². The average molecular weight is 250 g/mol. The van der Waals surface area contributed by atoms with Gasteiger partial charge in [0.2, 0.25) is 0 Å². The molecule has 2 aromatic rings. The van der Waals surface area contributed by atoms with Gasteiger partial charge in [-0.25, -0.2) is 4.37 Å². The Balaban J connectivity index is 1.79.